The Hall–Kier alpha value is -0.480. The predicted octanol–water partition coefficient (Wildman–Crippen LogP) is 4.09. The van der Waals surface area contributed by atoms with E-state index in [9.17, 15) is 0 Å². The molecule has 0 aliphatic heterocycles. The Labute approximate surface area is 114 Å². The zero-order valence-corrected chi connectivity index (χ0v) is 13.0. The van der Waals surface area contributed by atoms with Gasteiger partial charge in [-0.15, -0.1) is 5.92 Å². The second-order valence-electron chi connectivity index (χ2n) is 7.26. The van der Waals surface area contributed by atoms with Gasteiger partial charge in [-0.2, -0.15) is 0 Å². The molecule has 1 aliphatic carbocycles. The van der Waals surface area contributed by atoms with Crippen LogP contribution >= 0.6 is 0 Å². The van der Waals surface area contributed by atoms with Crippen LogP contribution in [-0.2, 0) is 0 Å². The second kappa shape index (κ2) is 7.19. The van der Waals surface area contributed by atoms with Gasteiger partial charge in [0.25, 0.3) is 0 Å². The van der Waals surface area contributed by atoms with Gasteiger partial charge in [0.1, 0.15) is 0 Å². The molecule has 0 aromatic rings. The van der Waals surface area contributed by atoms with E-state index in [4.69, 9.17) is 0 Å². The van der Waals surface area contributed by atoms with E-state index in [0.29, 0.717) is 0 Å². The highest BCUT2D eigenvalue weighted by Crippen LogP contribution is 2.33. The summed E-state index contributed by atoms with van der Waals surface area (Å²) in [6.07, 6.45) is 5.28. The first kappa shape index (κ1) is 15.6. The Bertz CT molecular complexity index is 287. The third kappa shape index (κ3) is 6.45. The van der Waals surface area contributed by atoms with E-state index in [1.807, 2.05) is 0 Å². The van der Waals surface area contributed by atoms with E-state index in [1.54, 1.807) is 0 Å². The molecule has 18 heavy (non-hydrogen) atoms. The summed E-state index contributed by atoms with van der Waals surface area (Å²) in [5, 5.41) is 3.62. The molecular formula is C17H31N. The minimum atomic E-state index is 0.157. The van der Waals surface area contributed by atoms with Gasteiger partial charge < -0.3 is 5.32 Å². The molecular weight excluding hydrogens is 218 g/mol. The van der Waals surface area contributed by atoms with Gasteiger partial charge in [0.15, 0.2) is 0 Å². The zero-order chi connectivity index (χ0) is 13.6. The maximum absolute atomic E-state index is 3.62. The highest BCUT2D eigenvalue weighted by atomic mass is 14.9. The van der Waals surface area contributed by atoms with Crippen molar-refractivity contribution in [2.75, 3.05) is 13.1 Å². The lowest BCUT2D eigenvalue weighted by Gasteiger charge is -2.19. The number of hydrogen-bond donors (Lipinski definition) is 1. The fourth-order valence-electron chi connectivity index (χ4n) is 2.66. The first-order chi connectivity index (χ1) is 8.38. The average Bonchev–Trinajstić information content (AvgIpc) is 2.63. The molecule has 1 nitrogen and oxygen atoms in total. The number of nitrogens with one attached hydrogen (secondary N) is 1. The van der Waals surface area contributed by atoms with Gasteiger partial charge in [-0.05, 0) is 64.5 Å². The van der Waals surface area contributed by atoms with E-state index < -0.39 is 0 Å². The highest BCUT2D eigenvalue weighted by molar-refractivity contribution is 5.08. The summed E-state index contributed by atoms with van der Waals surface area (Å²) < 4.78 is 0. The van der Waals surface area contributed by atoms with Crippen LogP contribution in [-0.4, -0.2) is 13.1 Å². The van der Waals surface area contributed by atoms with Crippen LogP contribution in [0.15, 0.2) is 0 Å². The smallest absolute Gasteiger partial charge is 0.0230 e. The van der Waals surface area contributed by atoms with Crippen LogP contribution in [0.5, 0.6) is 0 Å². The molecule has 1 aliphatic rings. The van der Waals surface area contributed by atoms with Gasteiger partial charge in [0, 0.05) is 11.8 Å². The van der Waals surface area contributed by atoms with Crippen LogP contribution in [0.4, 0.5) is 0 Å². The van der Waals surface area contributed by atoms with Crippen LogP contribution in [0.3, 0.4) is 0 Å². The van der Waals surface area contributed by atoms with Crippen molar-refractivity contribution < 1.29 is 0 Å². The monoisotopic (exact) mass is 249 g/mol. The van der Waals surface area contributed by atoms with E-state index in [2.05, 4.69) is 51.8 Å². The van der Waals surface area contributed by atoms with Gasteiger partial charge in [-0.25, -0.2) is 0 Å². The Morgan fingerprint density at radius 3 is 2.44 bits per heavy atom. The Balaban J connectivity index is 2.33. The van der Waals surface area contributed by atoms with Gasteiger partial charge >= 0.3 is 0 Å². The first-order valence-corrected chi connectivity index (χ1v) is 7.59. The lowest BCUT2D eigenvalue weighted by molar-refractivity contribution is 0.364. The summed E-state index contributed by atoms with van der Waals surface area (Å²) in [5.41, 5.74) is 0.157. The molecule has 0 amide bonds. The predicted molar refractivity (Wildman–Crippen MR) is 80.4 cm³/mol. The zero-order valence-electron chi connectivity index (χ0n) is 13.0. The van der Waals surface area contributed by atoms with Gasteiger partial charge in [-0.3, -0.25) is 0 Å². The molecule has 0 spiro atoms. The topological polar surface area (TPSA) is 12.0 Å². The van der Waals surface area contributed by atoms with Crippen LogP contribution < -0.4 is 5.32 Å². The van der Waals surface area contributed by atoms with Crippen molar-refractivity contribution in [2.24, 2.45) is 23.2 Å². The molecule has 0 saturated heterocycles. The quantitative estimate of drug-likeness (QED) is 0.724. The molecule has 1 saturated carbocycles. The molecule has 104 valence electrons. The van der Waals surface area contributed by atoms with Crippen molar-refractivity contribution in [1.29, 1.82) is 0 Å². The molecule has 0 heterocycles. The van der Waals surface area contributed by atoms with Gasteiger partial charge in [-0.1, -0.05) is 26.2 Å². The fourth-order valence-corrected chi connectivity index (χ4v) is 2.66. The van der Waals surface area contributed by atoms with Crippen LogP contribution in [0.1, 0.15) is 60.3 Å². The lowest BCUT2D eigenvalue weighted by atomic mass is 9.91. The molecule has 0 radical (unpaired) electrons. The second-order valence-corrected chi connectivity index (χ2v) is 7.26. The minimum absolute atomic E-state index is 0.157. The third-order valence-electron chi connectivity index (χ3n) is 3.60. The van der Waals surface area contributed by atoms with Crippen LogP contribution in [0.25, 0.3) is 0 Å². The Morgan fingerprint density at radius 2 is 1.83 bits per heavy atom. The number of rotatable bonds is 5. The summed E-state index contributed by atoms with van der Waals surface area (Å²) in [5.74, 6) is 9.24. The van der Waals surface area contributed by atoms with Crippen molar-refractivity contribution >= 4 is 0 Å². The van der Waals surface area contributed by atoms with Gasteiger partial charge in [0.05, 0.1) is 0 Å². The molecule has 1 rings (SSSR count). The summed E-state index contributed by atoms with van der Waals surface area (Å²) >= 11 is 0. The molecule has 1 N–H and O–H groups in total. The SMILES string of the molecule is CC(C)CNCC1CCCC1CC#CC(C)(C)C. The summed E-state index contributed by atoms with van der Waals surface area (Å²) in [7, 11) is 0. The maximum Gasteiger partial charge on any atom is 0.0230 e. The molecule has 1 fully saturated rings. The maximum atomic E-state index is 3.62. The Kier molecular flexibility index (Phi) is 6.22. The fraction of sp³-hybridized carbons (Fsp3) is 0.882. The van der Waals surface area contributed by atoms with Crippen LogP contribution in [0.2, 0.25) is 0 Å². The van der Waals surface area contributed by atoms with Gasteiger partial charge in [0.2, 0.25) is 0 Å². The van der Waals surface area contributed by atoms with Crippen molar-refractivity contribution in [3.8, 4) is 11.8 Å². The number of hydrogen-bond acceptors (Lipinski definition) is 1. The summed E-state index contributed by atoms with van der Waals surface area (Å²) in [6.45, 7) is 13.5. The first-order valence-electron chi connectivity index (χ1n) is 7.59. The molecule has 0 aromatic carbocycles. The van der Waals surface area contributed by atoms with Crippen molar-refractivity contribution in [1.82, 2.24) is 5.32 Å². The lowest BCUT2D eigenvalue weighted by Crippen LogP contribution is -2.28. The standard InChI is InChI=1S/C17H31N/c1-14(2)12-18-13-16-9-6-8-15(16)10-7-11-17(3,4)5/h14-16,18H,6,8-10,12-13H2,1-5H3. The summed E-state index contributed by atoms with van der Waals surface area (Å²) in [4.78, 5) is 0. The molecule has 1 heteroatoms. The highest BCUT2D eigenvalue weighted by Gasteiger charge is 2.26. The van der Waals surface area contributed by atoms with E-state index in [0.717, 1.165) is 30.7 Å². The molecule has 0 bridgehead atoms. The van der Waals surface area contributed by atoms with E-state index in [-0.39, 0.29) is 5.41 Å². The van der Waals surface area contributed by atoms with Crippen molar-refractivity contribution in [3.63, 3.8) is 0 Å². The Morgan fingerprint density at radius 1 is 1.17 bits per heavy atom. The molecule has 2 atom stereocenters. The van der Waals surface area contributed by atoms with E-state index in [1.165, 1.54) is 25.8 Å². The molecule has 2 unspecified atom stereocenters. The normalized spacial score (nSPS) is 24.1. The van der Waals surface area contributed by atoms with E-state index >= 15 is 0 Å². The summed E-state index contributed by atoms with van der Waals surface area (Å²) in [6, 6.07) is 0. The minimum Gasteiger partial charge on any atom is -0.316 e. The largest absolute Gasteiger partial charge is 0.316 e. The average molecular weight is 249 g/mol. The molecule has 0 aromatic heterocycles. The van der Waals surface area contributed by atoms with Crippen LogP contribution in [0, 0.1) is 35.0 Å². The van der Waals surface area contributed by atoms with Crippen molar-refractivity contribution in [2.45, 2.75) is 60.3 Å². The van der Waals surface area contributed by atoms with Crippen molar-refractivity contribution in [3.05, 3.63) is 0 Å². The third-order valence-corrected chi connectivity index (χ3v) is 3.60.